The minimum Gasteiger partial charge on any atom is -0.497 e. The summed E-state index contributed by atoms with van der Waals surface area (Å²) >= 11 is 5.65. The van der Waals surface area contributed by atoms with Crippen LogP contribution in [0.15, 0.2) is 24.3 Å². The average molecular weight is 361 g/mol. The highest BCUT2D eigenvalue weighted by Crippen LogP contribution is 2.35. The van der Waals surface area contributed by atoms with E-state index in [0.29, 0.717) is 6.04 Å². The summed E-state index contributed by atoms with van der Waals surface area (Å²) in [6.45, 7) is 7.25. The van der Waals surface area contributed by atoms with Gasteiger partial charge in [0.05, 0.1) is 33.3 Å². The zero-order chi connectivity index (χ0) is 17.4. The van der Waals surface area contributed by atoms with E-state index in [4.69, 9.17) is 17.0 Å². The predicted octanol–water partition coefficient (Wildman–Crippen LogP) is 1.43. The highest BCUT2D eigenvalue weighted by molar-refractivity contribution is 7.71. The lowest BCUT2D eigenvalue weighted by Gasteiger charge is -2.33. The molecule has 2 heterocycles. The van der Waals surface area contributed by atoms with Crippen molar-refractivity contribution in [3.05, 3.63) is 34.9 Å². The van der Waals surface area contributed by atoms with E-state index >= 15 is 0 Å². The minimum atomic E-state index is 0.600. The van der Waals surface area contributed by atoms with Crippen LogP contribution in [0, 0.1) is 11.7 Å². The SMILES string of the molecule is COc1ccc(N2CC[NH+](Cn3nc(C)n(C4CC4)c3=S)CC2)cc1. The number of piperazine rings is 1. The highest BCUT2D eigenvalue weighted by Gasteiger charge is 2.28. The first-order valence-electron chi connectivity index (χ1n) is 9.04. The molecule has 1 saturated heterocycles. The van der Waals surface area contributed by atoms with Crippen LogP contribution in [0.3, 0.4) is 0 Å². The lowest BCUT2D eigenvalue weighted by molar-refractivity contribution is -0.924. The average Bonchev–Trinajstić information content (AvgIpc) is 3.43. The highest BCUT2D eigenvalue weighted by atomic mass is 32.1. The van der Waals surface area contributed by atoms with Crippen molar-refractivity contribution in [1.29, 1.82) is 0 Å². The van der Waals surface area contributed by atoms with Crippen LogP contribution in [0.1, 0.15) is 24.7 Å². The first-order valence-corrected chi connectivity index (χ1v) is 9.45. The van der Waals surface area contributed by atoms with Crippen molar-refractivity contribution in [3.63, 3.8) is 0 Å². The third-order valence-corrected chi connectivity index (χ3v) is 5.64. The van der Waals surface area contributed by atoms with Gasteiger partial charge in [0.2, 0.25) is 4.77 Å². The molecule has 1 N–H and O–H groups in total. The number of anilines is 1. The van der Waals surface area contributed by atoms with E-state index in [1.165, 1.54) is 18.5 Å². The van der Waals surface area contributed by atoms with Crippen LogP contribution in [0.2, 0.25) is 0 Å². The molecule has 4 rings (SSSR count). The number of quaternary nitrogens is 1. The third-order valence-electron chi connectivity index (χ3n) is 5.23. The van der Waals surface area contributed by atoms with Gasteiger partial charge >= 0.3 is 0 Å². The second-order valence-electron chi connectivity index (χ2n) is 7.02. The lowest BCUT2D eigenvalue weighted by atomic mass is 10.2. The predicted molar refractivity (Wildman–Crippen MR) is 100.0 cm³/mol. The maximum Gasteiger partial charge on any atom is 0.203 e. The second-order valence-corrected chi connectivity index (χ2v) is 7.39. The molecule has 2 aromatic rings. The van der Waals surface area contributed by atoms with E-state index < -0.39 is 0 Å². The van der Waals surface area contributed by atoms with Gasteiger partial charge in [0, 0.05) is 11.7 Å². The molecule has 25 heavy (non-hydrogen) atoms. The Bertz CT molecular complexity index is 785. The molecule has 6 nitrogen and oxygen atoms in total. The van der Waals surface area contributed by atoms with Crippen molar-refractivity contribution in [2.75, 3.05) is 38.2 Å². The normalized spacial score (nSPS) is 18.6. The van der Waals surface area contributed by atoms with Crippen molar-refractivity contribution < 1.29 is 9.64 Å². The Morgan fingerprint density at radius 1 is 1.20 bits per heavy atom. The second kappa shape index (κ2) is 6.80. The molecule has 1 aromatic carbocycles. The standard InChI is InChI=1S/C18H25N5OS/c1-14-19-22(18(25)23(14)16-3-4-16)13-20-9-11-21(12-10-20)15-5-7-17(24-2)8-6-15/h5-8,16H,3-4,9-13H2,1-2H3/p+1. The molecule has 0 bridgehead atoms. The Morgan fingerprint density at radius 3 is 2.48 bits per heavy atom. The third kappa shape index (κ3) is 3.43. The van der Waals surface area contributed by atoms with Crippen LogP contribution in [0.25, 0.3) is 0 Å². The summed E-state index contributed by atoms with van der Waals surface area (Å²) in [6.07, 6.45) is 2.49. The fourth-order valence-corrected chi connectivity index (χ4v) is 4.02. The van der Waals surface area contributed by atoms with E-state index in [1.54, 1.807) is 12.0 Å². The van der Waals surface area contributed by atoms with Crippen LogP contribution < -0.4 is 14.5 Å². The van der Waals surface area contributed by atoms with E-state index in [1.807, 2.05) is 16.8 Å². The number of ether oxygens (including phenoxy) is 1. The number of methoxy groups -OCH3 is 1. The number of aromatic nitrogens is 3. The molecule has 1 aliphatic carbocycles. The van der Waals surface area contributed by atoms with Crippen molar-refractivity contribution in [1.82, 2.24) is 14.3 Å². The monoisotopic (exact) mass is 360 g/mol. The molecule has 0 radical (unpaired) electrons. The van der Waals surface area contributed by atoms with Gasteiger partial charge in [-0.2, -0.15) is 9.78 Å². The Balaban J connectivity index is 1.37. The molecule has 2 aliphatic rings. The molecule has 0 spiro atoms. The van der Waals surface area contributed by atoms with Gasteiger partial charge in [0.15, 0.2) is 6.67 Å². The van der Waals surface area contributed by atoms with Gasteiger partial charge in [0.25, 0.3) is 0 Å². The number of nitrogens with one attached hydrogen (secondary N) is 1. The van der Waals surface area contributed by atoms with Gasteiger partial charge in [-0.3, -0.25) is 0 Å². The molecule has 0 amide bonds. The summed E-state index contributed by atoms with van der Waals surface area (Å²) in [5, 5.41) is 4.69. The molecule has 7 heteroatoms. The van der Waals surface area contributed by atoms with Crippen LogP contribution in [-0.4, -0.2) is 47.6 Å². The molecule has 1 saturated carbocycles. The summed E-state index contributed by atoms with van der Waals surface area (Å²) in [7, 11) is 1.70. The number of nitrogens with zero attached hydrogens (tertiary/aromatic N) is 4. The van der Waals surface area contributed by atoms with Crippen molar-refractivity contribution >= 4 is 17.9 Å². The Morgan fingerprint density at radius 2 is 1.88 bits per heavy atom. The van der Waals surface area contributed by atoms with Gasteiger partial charge in [-0.1, -0.05) is 0 Å². The fraction of sp³-hybridized carbons (Fsp3) is 0.556. The maximum atomic E-state index is 5.65. The van der Waals surface area contributed by atoms with Crippen molar-refractivity contribution in [2.24, 2.45) is 0 Å². The van der Waals surface area contributed by atoms with E-state index in [0.717, 1.165) is 49.2 Å². The largest absolute Gasteiger partial charge is 0.497 e. The molecule has 134 valence electrons. The van der Waals surface area contributed by atoms with Crippen LogP contribution in [0.5, 0.6) is 5.75 Å². The molecule has 0 unspecified atom stereocenters. The summed E-state index contributed by atoms with van der Waals surface area (Å²) in [6, 6.07) is 8.94. The van der Waals surface area contributed by atoms with E-state index in [9.17, 15) is 0 Å². The molecule has 1 aromatic heterocycles. The zero-order valence-electron chi connectivity index (χ0n) is 14.9. The Hall–Kier alpha value is -1.86. The number of hydrogen-bond acceptors (Lipinski definition) is 4. The lowest BCUT2D eigenvalue weighted by Crippen LogP contribution is -3.14. The summed E-state index contributed by atoms with van der Waals surface area (Å²) in [5.74, 6) is 1.97. The Kier molecular flexibility index (Phi) is 4.52. The van der Waals surface area contributed by atoms with Gasteiger partial charge < -0.3 is 19.1 Å². The van der Waals surface area contributed by atoms with Crippen LogP contribution >= 0.6 is 12.2 Å². The summed E-state index contributed by atoms with van der Waals surface area (Å²) < 4.78 is 10.4. The molecular weight excluding hydrogens is 334 g/mol. The van der Waals surface area contributed by atoms with Crippen LogP contribution in [-0.2, 0) is 6.67 Å². The van der Waals surface area contributed by atoms with E-state index in [-0.39, 0.29) is 0 Å². The van der Waals surface area contributed by atoms with Gasteiger partial charge in [-0.15, -0.1) is 0 Å². The number of aryl methyl sites for hydroxylation is 1. The van der Waals surface area contributed by atoms with Crippen molar-refractivity contribution in [2.45, 2.75) is 32.5 Å². The summed E-state index contributed by atoms with van der Waals surface area (Å²) in [4.78, 5) is 3.98. The van der Waals surface area contributed by atoms with Gasteiger partial charge in [-0.05, 0) is 56.2 Å². The molecule has 0 atom stereocenters. The van der Waals surface area contributed by atoms with Crippen LogP contribution in [0.4, 0.5) is 5.69 Å². The van der Waals surface area contributed by atoms with Gasteiger partial charge in [0.1, 0.15) is 11.6 Å². The number of hydrogen-bond donors (Lipinski definition) is 1. The smallest absolute Gasteiger partial charge is 0.203 e. The first kappa shape index (κ1) is 16.6. The molecular formula is C18H26N5OS+. The summed E-state index contributed by atoms with van der Waals surface area (Å²) in [5.41, 5.74) is 1.27. The topological polar surface area (TPSA) is 39.7 Å². The zero-order valence-corrected chi connectivity index (χ0v) is 15.8. The van der Waals surface area contributed by atoms with E-state index in [2.05, 4.69) is 33.6 Å². The minimum absolute atomic E-state index is 0.600. The first-order chi connectivity index (χ1) is 12.2. The maximum absolute atomic E-state index is 5.65. The molecule has 2 fully saturated rings. The number of rotatable bonds is 5. The fourth-order valence-electron chi connectivity index (χ4n) is 3.63. The molecule has 1 aliphatic heterocycles. The number of benzene rings is 1. The Labute approximate surface area is 153 Å². The van der Waals surface area contributed by atoms with Crippen molar-refractivity contribution in [3.8, 4) is 5.75 Å². The quantitative estimate of drug-likeness (QED) is 0.819. The van der Waals surface area contributed by atoms with Gasteiger partial charge in [-0.25, -0.2) is 0 Å².